The van der Waals surface area contributed by atoms with Gasteiger partial charge in [0.25, 0.3) is 0 Å². The van der Waals surface area contributed by atoms with E-state index in [1.54, 1.807) is 16.7 Å². The third kappa shape index (κ3) is 3.44. The quantitative estimate of drug-likeness (QED) is 0.597. The smallest absolute Gasteiger partial charge is 0.327 e. The minimum absolute atomic E-state index is 0.0219. The van der Waals surface area contributed by atoms with Crippen LogP contribution in [0.15, 0.2) is 0 Å². The van der Waals surface area contributed by atoms with Gasteiger partial charge in [0.1, 0.15) is 6.04 Å². The average Bonchev–Trinajstić information content (AvgIpc) is 3.12. The molecule has 2 atom stereocenters. The molecular formula is C14H19NO3S. The second-order valence-electron chi connectivity index (χ2n) is 5.13. The number of carboxylic acid groups (broad SMARTS) is 1. The predicted octanol–water partition coefficient (Wildman–Crippen LogP) is 1.94. The van der Waals surface area contributed by atoms with Crippen LogP contribution >= 0.6 is 11.8 Å². The molecule has 0 bridgehead atoms. The highest BCUT2D eigenvalue weighted by atomic mass is 32.2. The molecule has 1 saturated heterocycles. The standard InChI is InChI=1S/C14H19NO3S/c1-2-3-4-5-6-12(16)15-11(14(17)18)9-19-13(15)10-7-8-10/h1,10-11,13H,3-9H2,(H,17,18). The summed E-state index contributed by atoms with van der Waals surface area (Å²) < 4.78 is 0. The highest BCUT2D eigenvalue weighted by Crippen LogP contribution is 2.45. The van der Waals surface area contributed by atoms with Crippen molar-refractivity contribution in [2.24, 2.45) is 5.92 Å². The van der Waals surface area contributed by atoms with Crippen molar-refractivity contribution in [1.82, 2.24) is 4.90 Å². The van der Waals surface area contributed by atoms with Crippen LogP contribution in [0.1, 0.15) is 38.5 Å². The second kappa shape index (κ2) is 6.33. The summed E-state index contributed by atoms with van der Waals surface area (Å²) in [6.07, 6.45) is 10.1. The zero-order valence-corrected chi connectivity index (χ0v) is 11.7. The molecule has 0 aromatic heterocycles. The summed E-state index contributed by atoms with van der Waals surface area (Å²) in [5.74, 6) is 2.67. The number of terminal acetylenes is 1. The van der Waals surface area contributed by atoms with E-state index in [1.165, 1.54) is 0 Å². The van der Waals surface area contributed by atoms with Crippen molar-refractivity contribution in [1.29, 1.82) is 0 Å². The van der Waals surface area contributed by atoms with Gasteiger partial charge < -0.3 is 10.0 Å². The first-order valence-corrected chi connectivity index (χ1v) is 7.79. The van der Waals surface area contributed by atoms with Crippen LogP contribution in [0.5, 0.6) is 0 Å². The van der Waals surface area contributed by atoms with Crippen molar-refractivity contribution in [2.45, 2.75) is 49.9 Å². The molecule has 2 fully saturated rings. The number of hydrogen-bond acceptors (Lipinski definition) is 3. The predicted molar refractivity (Wildman–Crippen MR) is 74.5 cm³/mol. The van der Waals surface area contributed by atoms with Gasteiger partial charge in [0, 0.05) is 18.6 Å². The monoisotopic (exact) mass is 281 g/mol. The first kappa shape index (κ1) is 14.3. The summed E-state index contributed by atoms with van der Waals surface area (Å²) in [6, 6.07) is -0.643. The fourth-order valence-electron chi connectivity index (χ4n) is 2.41. The molecule has 1 heterocycles. The van der Waals surface area contributed by atoms with E-state index in [1.807, 2.05) is 0 Å². The second-order valence-corrected chi connectivity index (χ2v) is 6.28. The van der Waals surface area contributed by atoms with Crippen molar-refractivity contribution in [3.05, 3.63) is 0 Å². The Balaban J connectivity index is 1.93. The zero-order chi connectivity index (χ0) is 13.8. The fraction of sp³-hybridized carbons (Fsp3) is 0.714. The molecule has 5 heteroatoms. The minimum atomic E-state index is -0.882. The number of carboxylic acids is 1. The third-order valence-electron chi connectivity index (χ3n) is 3.59. The highest BCUT2D eigenvalue weighted by Gasteiger charge is 2.47. The van der Waals surface area contributed by atoms with Gasteiger partial charge in [-0.3, -0.25) is 4.79 Å². The van der Waals surface area contributed by atoms with Gasteiger partial charge in [-0.15, -0.1) is 24.1 Å². The molecule has 0 spiro atoms. The number of rotatable bonds is 6. The lowest BCUT2D eigenvalue weighted by Gasteiger charge is -2.27. The van der Waals surface area contributed by atoms with Gasteiger partial charge in [-0.1, -0.05) is 0 Å². The van der Waals surface area contributed by atoms with Gasteiger partial charge in [0.05, 0.1) is 5.37 Å². The van der Waals surface area contributed by atoms with E-state index in [9.17, 15) is 14.7 Å². The highest BCUT2D eigenvalue weighted by molar-refractivity contribution is 8.00. The van der Waals surface area contributed by atoms with E-state index in [0.29, 0.717) is 24.5 Å². The number of carbonyl (C=O) groups excluding carboxylic acids is 1. The summed E-state index contributed by atoms with van der Waals surface area (Å²) in [4.78, 5) is 25.1. The molecule has 0 aromatic carbocycles. The molecular weight excluding hydrogens is 262 g/mol. The average molecular weight is 281 g/mol. The molecule has 1 aliphatic heterocycles. The molecule has 1 saturated carbocycles. The van der Waals surface area contributed by atoms with Crippen LogP contribution in [-0.4, -0.2) is 39.1 Å². The Morgan fingerprint density at radius 2 is 2.11 bits per heavy atom. The Morgan fingerprint density at radius 1 is 1.37 bits per heavy atom. The molecule has 19 heavy (non-hydrogen) atoms. The van der Waals surface area contributed by atoms with E-state index < -0.39 is 12.0 Å². The summed E-state index contributed by atoms with van der Waals surface area (Å²) in [7, 11) is 0. The van der Waals surface area contributed by atoms with Crippen LogP contribution in [-0.2, 0) is 9.59 Å². The summed E-state index contributed by atoms with van der Waals surface area (Å²) in [6.45, 7) is 0. The maximum Gasteiger partial charge on any atom is 0.327 e. The fourth-order valence-corrected chi connectivity index (χ4v) is 4.06. The van der Waals surface area contributed by atoms with E-state index in [2.05, 4.69) is 5.92 Å². The number of amides is 1. The van der Waals surface area contributed by atoms with Crippen LogP contribution in [0.2, 0.25) is 0 Å². The van der Waals surface area contributed by atoms with E-state index in [0.717, 1.165) is 25.7 Å². The molecule has 0 radical (unpaired) electrons. The van der Waals surface area contributed by atoms with Gasteiger partial charge in [-0.25, -0.2) is 4.79 Å². The van der Waals surface area contributed by atoms with Gasteiger partial charge >= 0.3 is 5.97 Å². The number of carbonyl (C=O) groups is 2. The topological polar surface area (TPSA) is 57.6 Å². The number of unbranched alkanes of at least 4 members (excludes halogenated alkanes) is 2. The maximum atomic E-state index is 12.3. The van der Waals surface area contributed by atoms with Gasteiger partial charge in [0.15, 0.2) is 0 Å². The summed E-state index contributed by atoms with van der Waals surface area (Å²) >= 11 is 1.62. The number of nitrogens with zero attached hydrogens (tertiary/aromatic N) is 1. The van der Waals surface area contributed by atoms with E-state index in [-0.39, 0.29) is 11.3 Å². The Labute approximate surface area is 117 Å². The number of aliphatic carboxylic acids is 1. The normalized spacial score (nSPS) is 26.2. The summed E-state index contributed by atoms with van der Waals surface area (Å²) in [5.41, 5.74) is 0. The molecule has 4 nitrogen and oxygen atoms in total. The first-order valence-electron chi connectivity index (χ1n) is 6.74. The van der Waals surface area contributed by atoms with Crippen molar-refractivity contribution < 1.29 is 14.7 Å². The lowest BCUT2D eigenvalue weighted by Crippen LogP contribution is -2.46. The SMILES string of the molecule is C#CCCCCC(=O)N1C(C(=O)O)CSC1C1CC1. The molecule has 2 aliphatic rings. The number of thioether (sulfide) groups is 1. The lowest BCUT2D eigenvalue weighted by molar-refractivity contribution is -0.149. The Morgan fingerprint density at radius 3 is 2.68 bits per heavy atom. The van der Waals surface area contributed by atoms with E-state index in [4.69, 9.17) is 6.42 Å². The van der Waals surface area contributed by atoms with Crippen LogP contribution in [0.3, 0.4) is 0 Å². The molecule has 1 N–H and O–H groups in total. The van der Waals surface area contributed by atoms with Gasteiger partial charge in [0.2, 0.25) is 5.91 Å². The van der Waals surface area contributed by atoms with Crippen LogP contribution < -0.4 is 0 Å². The molecule has 1 aliphatic carbocycles. The molecule has 2 unspecified atom stereocenters. The zero-order valence-electron chi connectivity index (χ0n) is 10.9. The molecule has 0 aromatic rings. The van der Waals surface area contributed by atoms with Crippen molar-refractivity contribution in [3.63, 3.8) is 0 Å². The number of hydrogen-bond donors (Lipinski definition) is 1. The molecule has 1 amide bonds. The Bertz CT molecular complexity index is 400. The lowest BCUT2D eigenvalue weighted by atomic mass is 10.1. The Hall–Kier alpha value is -1.15. The van der Waals surface area contributed by atoms with Crippen molar-refractivity contribution in [2.75, 3.05) is 5.75 Å². The van der Waals surface area contributed by atoms with Crippen LogP contribution in [0.25, 0.3) is 0 Å². The summed E-state index contributed by atoms with van der Waals surface area (Å²) in [5, 5.41) is 9.31. The van der Waals surface area contributed by atoms with Crippen LogP contribution in [0, 0.1) is 18.3 Å². The van der Waals surface area contributed by atoms with Crippen LogP contribution in [0.4, 0.5) is 0 Å². The minimum Gasteiger partial charge on any atom is -0.480 e. The van der Waals surface area contributed by atoms with E-state index >= 15 is 0 Å². The van der Waals surface area contributed by atoms with Crippen molar-refractivity contribution in [3.8, 4) is 12.3 Å². The third-order valence-corrected chi connectivity index (χ3v) is 5.06. The van der Waals surface area contributed by atoms with Crippen molar-refractivity contribution >= 4 is 23.6 Å². The Kier molecular flexibility index (Phi) is 4.76. The maximum absolute atomic E-state index is 12.3. The van der Waals surface area contributed by atoms with Gasteiger partial charge in [-0.2, -0.15) is 0 Å². The molecule has 104 valence electrons. The largest absolute Gasteiger partial charge is 0.480 e. The van der Waals surface area contributed by atoms with Gasteiger partial charge in [-0.05, 0) is 31.6 Å². The first-order chi connectivity index (χ1) is 9.15. The molecule has 2 rings (SSSR count).